The van der Waals surface area contributed by atoms with E-state index in [-0.39, 0.29) is 23.8 Å². The van der Waals surface area contributed by atoms with Gasteiger partial charge in [0.15, 0.2) is 11.5 Å². The predicted octanol–water partition coefficient (Wildman–Crippen LogP) is 1.50. The highest BCUT2D eigenvalue weighted by atomic mass is 16.5. The lowest BCUT2D eigenvalue weighted by atomic mass is 9.97. The van der Waals surface area contributed by atoms with Crippen molar-refractivity contribution in [3.8, 4) is 11.5 Å². The first-order valence-corrected chi connectivity index (χ1v) is 9.02. The Kier molecular flexibility index (Phi) is 7.04. The second-order valence-electron chi connectivity index (χ2n) is 6.78. The van der Waals surface area contributed by atoms with E-state index in [0.29, 0.717) is 36.6 Å². The second-order valence-corrected chi connectivity index (χ2v) is 6.78. The summed E-state index contributed by atoms with van der Waals surface area (Å²) >= 11 is 0. The van der Waals surface area contributed by atoms with Crippen LogP contribution in [0, 0.1) is 5.92 Å². The number of hydrogen-bond donors (Lipinski definition) is 2. The van der Waals surface area contributed by atoms with Crippen LogP contribution in [0.3, 0.4) is 0 Å². The van der Waals surface area contributed by atoms with Crippen molar-refractivity contribution in [2.45, 2.75) is 39.7 Å². The molecule has 1 aromatic carbocycles. The third-order valence-corrected chi connectivity index (χ3v) is 4.33. The molecular formula is C19H27N3O5. The summed E-state index contributed by atoms with van der Waals surface area (Å²) in [7, 11) is 1.50. The lowest BCUT2D eigenvalue weighted by molar-refractivity contribution is -0.134. The van der Waals surface area contributed by atoms with Crippen LogP contribution in [-0.2, 0) is 9.59 Å². The van der Waals surface area contributed by atoms with E-state index in [1.807, 2.05) is 13.8 Å². The highest BCUT2D eigenvalue weighted by Crippen LogP contribution is 2.28. The van der Waals surface area contributed by atoms with Crippen molar-refractivity contribution in [1.29, 1.82) is 0 Å². The lowest BCUT2D eigenvalue weighted by Crippen LogP contribution is -2.49. The summed E-state index contributed by atoms with van der Waals surface area (Å²) in [6, 6.07) is 4.80. The van der Waals surface area contributed by atoms with Crippen molar-refractivity contribution in [3.63, 3.8) is 0 Å². The minimum absolute atomic E-state index is 0.0251. The Balaban J connectivity index is 1.95. The van der Waals surface area contributed by atoms with Crippen molar-refractivity contribution in [3.05, 3.63) is 23.8 Å². The average molecular weight is 377 g/mol. The number of likely N-dealkylation sites (tertiary alicyclic amines) is 1. The first-order valence-electron chi connectivity index (χ1n) is 9.02. The van der Waals surface area contributed by atoms with Gasteiger partial charge < -0.3 is 14.4 Å². The number of nitrogens with zero attached hydrogens (tertiary/aromatic N) is 1. The lowest BCUT2D eigenvalue weighted by Gasteiger charge is -2.31. The third-order valence-electron chi connectivity index (χ3n) is 4.33. The first kappa shape index (κ1) is 20.5. The van der Waals surface area contributed by atoms with Gasteiger partial charge in [-0.15, -0.1) is 0 Å². The number of carbonyl (C=O) groups excluding carboxylic acids is 3. The maximum absolute atomic E-state index is 12.3. The van der Waals surface area contributed by atoms with E-state index in [9.17, 15) is 14.4 Å². The molecule has 0 aromatic heterocycles. The molecule has 0 saturated carbocycles. The fraction of sp³-hybridized carbons (Fsp3) is 0.526. The number of amides is 3. The molecule has 0 bridgehead atoms. The van der Waals surface area contributed by atoms with Crippen molar-refractivity contribution >= 4 is 17.7 Å². The van der Waals surface area contributed by atoms with E-state index in [1.54, 1.807) is 23.1 Å². The zero-order valence-electron chi connectivity index (χ0n) is 16.2. The Labute approximate surface area is 159 Å². The number of carbonyl (C=O) groups is 3. The van der Waals surface area contributed by atoms with Crippen LogP contribution in [0.1, 0.15) is 44.0 Å². The average Bonchev–Trinajstić information content (AvgIpc) is 2.65. The molecule has 2 N–H and O–H groups in total. The Bertz CT molecular complexity index is 705. The number of nitrogens with one attached hydrogen (secondary N) is 2. The van der Waals surface area contributed by atoms with Gasteiger partial charge in [0.05, 0.1) is 19.1 Å². The zero-order chi connectivity index (χ0) is 20.0. The summed E-state index contributed by atoms with van der Waals surface area (Å²) in [5, 5.41) is 0. The van der Waals surface area contributed by atoms with E-state index in [4.69, 9.17) is 9.47 Å². The van der Waals surface area contributed by atoms with Crippen LogP contribution in [-0.4, -0.2) is 48.9 Å². The first-order chi connectivity index (χ1) is 12.8. The van der Waals surface area contributed by atoms with Gasteiger partial charge in [0.1, 0.15) is 0 Å². The van der Waals surface area contributed by atoms with E-state index < -0.39 is 5.91 Å². The molecule has 1 saturated heterocycles. The summed E-state index contributed by atoms with van der Waals surface area (Å²) in [5.74, 6) is -0.170. The van der Waals surface area contributed by atoms with Crippen LogP contribution in [0.4, 0.5) is 0 Å². The van der Waals surface area contributed by atoms with Gasteiger partial charge in [0.2, 0.25) is 11.8 Å². The number of benzene rings is 1. The molecule has 0 spiro atoms. The van der Waals surface area contributed by atoms with Gasteiger partial charge >= 0.3 is 0 Å². The largest absolute Gasteiger partial charge is 0.493 e. The molecule has 0 radical (unpaired) electrons. The maximum Gasteiger partial charge on any atom is 0.269 e. The molecule has 1 atom stereocenters. The number of rotatable bonds is 5. The van der Waals surface area contributed by atoms with Gasteiger partial charge in [-0.1, -0.05) is 0 Å². The second kappa shape index (κ2) is 9.25. The summed E-state index contributed by atoms with van der Waals surface area (Å²) in [6.07, 6.45) is 1.42. The molecule has 1 aromatic rings. The van der Waals surface area contributed by atoms with Crippen molar-refractivity contribution in [1.82, 2.24) is 15.8 Å². The Morgan fingerprint density at radius 3 is 2.56 bits per heavy atom. The molecular weight excluding hydrogens is 350 g/mol. The van der Waals surface area contributed by atoms with Crippen LogP contribution < -0.4 is 20.3 Å². The molecule has 8 heteroatoms. The van der Waals surface area contributed by atoms with Gasteiger partial charge in [-0.2, -0.15) is 0 Å². The van der Waals surface area contributed by atoms with Gasteiger partial charge in [-0.25, -0.2) is 0 Å². The smallest absolute Gasteiger partial charge is 0.269 e. The predicted molar refractivity (Wildman–Crippen MR) is 99.3 cm³/mol. The number of methoxy groups -OCH3 is 1. The molecule has 27 heavy (non-hydrogen) atoms. The minimum atomic E-state index is -0.461. The van der Waals surface area contributed by atoms with Crippen molar-refractivity contribution in [2.75, 3.05) is 20.2 Å². The van der Waals surface area contributed by atoms with Crippen molar-refractivity contribution in [2.24, 2.45) is 5.92 Å². The van der Waals surface area contributed by atoms with Crippen LogP contribution in [0.25, 0.3) is 0 Å². The molecule has 1 fully saturated rings. The zero-order valence-corrected chi connectivity index (χ0v) is 16.2. The minimum Gasteiger partial charge on any atom is -0.493 e. The van der Waals surface area contributed by atoms with Gasteiger partial charge in [0, 0.05) is 25.6 Å². The summed E-state index contributed by atoms with van der Waals surface area (Å²) in [5.41, 5.74) is 5.19. The van der Waals surface area contributed by atoms with Crippen LogP contribution in [0.15, 0.2) is 18.2 Å². The Morgan fingerprint density at radius 2 is 1.93 bits per heavy atom. The topological polar surface area (TPSA) is 97.0 Å². The van der Waals surface area contributed by atoms with Crippen molar-refractivity contribution < 1.29 is 23.9 Å². The normalized spacial score (nSPS) is 16.6. The Morgan fingerprint density at radius 1 is 1.19 bits per heavy atom. The quantitative estimate of drug-likeness (QED) is 0.758. The third kappa shape index (κ3) is 5.60. The Hall–Kier alpha value is -2.77. The number of ether oxygens (including phenoxy) is 2. The highest BCUT2D eigenvalue weighted by molar-refractivity contribution is 5.96. The standard InChI is InChI=1S/C19H27N3O5/c1-12(2)27-16-8-7-14(10-17(16)26-4)18(24)20-21-19(25)15-6-5-9-22(11-15)13(3)23/h7-8,10,12,15H,5-6,9,11H2,1-4H3,(H,20,24)(H,21,25)/t15-/m0/s1. The molecule has 1 aliphatic rings. The monoisotopic (exact) mass is 377 g/mol. The van der Waals surface area contributed by atoms with Crippen LogP contribution in [0.5, 0.6) is 11.5 Å². The van der Waals surface area contributed by atoms with E-state index in [0.717, 1.165) is 6.42 Å². The molecule has 3 amide bonds. The number of piperidine rings is 1. The molecule has 1 aliphatic heterocycles. The van der Waals surface area contributed by atoms with E-state index in [2.05, 4.69) is 10.9 Å². The molecule has 0 aliphatic carbocycles. The summed E-state index contributed by atoms with van der Waals surface area (Å²) < 4.78 is 10.9. The highest BCUT2D eigenvalue weighted by Gasteiger charge is 2.27. The summed E-state index contributed by atoms with van der Waals surface area (Å²) in [6.45, 7) is 6.31. The molecule has 1 heterocycles. The molecule has 8 nitrogen and oxygen atoms in total. The van der Waals surface area contributed by atoms with Gasteiger partial charge in [-0.3, -0.25) is 25.2 Å². The number of hydrazine groups is 1. The van der Waals surface area contributed by atoms with Crippen LogP contribution >= 0.6 is 0 Å². The molecule has 0 unspecified atom stereocenters. The van der Waals surface area contributed by atoms with Gasteiger partial charge in [0.25, 0.3) is 5.91 Å². The molecule has 148 valence electrons. The van der Waals surface area contributed by atoms with E-state index in [1.165, 1.54) is 14.0 Å². The SMILES string of the molecule is COc1cc(C(=O)NNC(=O)[C@H]2CCCN(C(C)=O)C2)ccc1OC(C)C. The summed E-state index contributed by atoms with van der Waals surface area (Å²) in [4.78, 5) is 37.7. The maximum atomic E-state index is 12.3. The number of hydrogen-bond acceptors (Lipinski definition) is 5. The van der Waals surface area contributed by atoms with E-state index >= 15 is 0 Å². The van der Waals surface area contributed by atoms with Crippen LogP contribution in [0.2, 0.25) is 0 Å². The fourth-order valence-corrected chi connectivity index (χ4v) is 2.93. The fourth-order valence-electron chi connectivity index (χ4n) is 2.93. The van der Waals surface area contributed by atoms with Gasteiger partial charge in [-0.05, 0) is 44.9 Å². The molecule has 2 rings (SSSR count).